The van der Waals surface area contributed by atoms with Crippen LogP contribution in [-0.2, 0) is 0 Å². The number of benzene rings is 1. The van der Waals surface area contributed by atoms with Crippen LogP contribution in [-0.4, -0.2) is 19.6 Å². The number of hydrogen-bond donors (Lipinski definition) is 1. The zero-order valence-corrected chi connectivity index (χ0v) is 12.4. The zero-order chi connectivity index (χ0) is 14.3. The van der Waals surface area contributed by atoms with Crippen LogP contribution in [0.1, 0.15) is 33.6 Å². The summed E-state index contributed by atoms with van der Waals surface area (Å²) in [6, 6.07) is 6.73. The fourth-order valence-electron chi connectivity index (χ4n) is 2.46. The third-order valence-electron chi connectivity index (χ3n) is 3.52. The molecule has 0 aromatic heterocycles. The molecule has 0 aliphatic heterocycles. The van der Waals surface area contributed by atoms with Gasteiger partial charge in [0.15, 0.2) is 0 Å². The van der Waals surface area contributed by atoms with Gasteiger partial charge in [0.25, 0.3) is 0 Å². The molecule has 0 aliphatic carbocycles. The van der Waals surface area contributed by atoms with E-state index < -0.39 is 0 Å². The molecule has 2 N–H and O–H groups in total. The lowest BCUT2D eigenvalue weighted by Gasteiger charge is -2.26. The Hall–Kier alpha value is -1.09. The average molecular weight is 266 g/mol. The summed E-state index contributed by atoms with van der Waals surface area (Å²) in [4.78, 5) is 2.28. The summed E-state index contributed by atoms with van der Waals surface area (Å²) >= 11 is 0. The Kier molecular flexibility index (Phi) is 6.85. The lowest BCUT2D eigenvalue weighted by Crippen LogP contribution is -2.28. The van der Waals surface area contributed by atoms with Crippen LogP contribution < -0.4 is 10.6 Å². The molecule has 2 nitrogen and oxygen atoms in total. The van der Waals surface area contributed by atoms with E-state index in [4.69, 9.17) is 5.73 Å². The average Bonchev–Trinajstić information content (AvgIpc) is 2.39. The highest BCUT2D eigenvalue weighted by Crippen LogP contribution is 2.19. The molecule has 0 bridgehead atoms. The minimum absolute atomic E-state index is 0.181. The van der Waals surface area contributed by atoms with E-state index in [2.05, 4.69) is 25.7 Å². The van der Waals surface area contributed by atoms with Gasteiger partial charge < -0.3 is 10.6 Å². The van der Waals surface area contributed by atoms with Gasteiger partial charge in [-0.1, -0.05) is 13.8 Å². The Labute approximate surface area is 116 Å². The first-order chi connectivity index (χ1) is 9.06. The lowest BCUT2D eigenvalue weighted by atomic mass is 9.94. The number of rotatable bonds is 8. The normalized spacial score (nSPS) is 12.7. The fourth-order valence-corrected chi connectivity index (χ4v) is 2.46. The molecule has 108 valence electrons. The second-order valence-corrected chi connectivity index (χ2v) is 5.58. The summed E-state index contributed by atoms with van der Waals surface area (Å²) in [7, 11) is 0. The van der Waals surface area contributed by atoms with Crippen molar-refractivity contribution >= 4 is 5.69 Å². The number of nitrogens with two attached hydrogens (primary N) is 1. The molecule has 0 fully saturated rings. The van der Waals surface area contributed by atoms with Crippen molar-refractivity contribution in [2.24, 2.45) is 17.6 Å². The molecule has 1 aromatic rings. The van der Waals surface area contributed by atoms with Crippen molar-refractivity contribution in [2.45, 2.75) is 33.6 Å². The molecule has 0 radical (unpaired) electrons. The van der Waals surface area contributed by atoms with Gasteiger partial charge in [-0.05, 0) is 62.4 Å². The topological polar surface area (TPSA) is 29.3 Å². The molecule has 0 saturated heterocycles. The summed E-state index contributed by atoms with van der Waals surface area (Å²) < 4.78 is 12.9. The molecule has 1 aromatic carbocycles. The maximum Gasteiger partial charge on any atom is 0.123 e. The molecule has 0 spiro atoms. The van der Waals surface area contributed by atoms with E-state index in [9.17, 15) is 4.39 Å². The van der Waals surface area contributed by atoms with Crippen LogP contribution in [0.4, 0.5) is 10.1 Å². The van der Waals surface area contributed by atoms with Gasteiger partial charge in [-0.2, -0.15) is 0 Å². The molecule has 1 atom stereocenters. The zero-order valence-electron chi connectivity index (χ0n) is 12.4. The summed E-state index contributed by atoms with van der Waals surface area (Å²) in [5, 5.41) is 0. The van der Waals surface area contributed by atoms with Crippen molar-refractivity contribution in [3.8, 4) is 0 Å². The first kappa shape index (κ1) is 16.0. The van der Waals surface area contributed by atoms with Gasteiger partial charge in [0.05, 0.1) is 0 Å². The van der Waals surface area contributed by atoms with Crippen LogP contribution in [0.3, 0.4) is 0 Å². The molecule has 19 heavy (non-hydrogen) atoms. The van der Waals surface area contributed by atoms with Crippen molar-refractivity contribution in [1.29, 1.82) is 0 Å². The second kappa shape index (κ2) is 8.16. The molecule has 0 aliphatic rings. The number of halogens is 1. The van der Waals surface area contributed by atoms with Crippen LogP contribution in [0.15, 0.2) is 24.3 Å². The Morgan fingerprint density at radius 3 is 2.32 bits per heavy atom. The molecular weight excluding hydrogens is 239 g/mol. The van der Waals surface area contributed by atoms with E-state index in [1.54, 1.807) is 0 Å². The van der Waals surface area contributed by atoms with E-state index in [-0.39, 0.29) is 5.82 Å². The van der Waals surface area contributed by atoms with Gasteiger partial charge in [0.2, 0.25) is 0 Å². The highest BCUT2D eigenvalue weighted by molar-refractivity contribution is 5.45. The van der Waals surface area contributed by atoms with Crippen molar-refractivity contribution in [1.82, 2.24) is 0 Å². The lowest BCUT2D eigenvalue weighted by molar-refractivity contribution is 0.395. The van der Waals surface area contributed by atoms with Crippen LogP contribution in [0.2, 0.25) is 0 Å². The number of anilines is 1. The van der Waals surface area contributed by atoms with Gasteiger partial charge in [0, 0.05) is 18.8 Å². The van der Waals surface area contributed by atoms with E-state index in [1.807, 2.05) is 12.1 Å². The van der Waals surface area contributed by atoms with E-state index in [0.717, 1.165) is 31.7 Å². The molecule has 3 heteroatoms. The molecule has 1 unspecified atom stereocenters. The number of nitrogens with zero attached hydrogens (tertiary/aromatic N) is 1. The van der Waals surface area contributed by atoms with Gasteiger partial charge >= 0.3 is 0 Å². The molecule has 0 saturated carbocycles. The highest BCUT2D eigenvalue weighted by atomic mass is 19.1. The Bertz CT molecular complexity index is 348. The van der Waals surface area contributed by atoms with Crippen molar-refractivity contribution in [3.63, 3.8) is 0 Å². The largest absolute Gasteiger partial charge is 0.372 e. The van der Waals surface area contributed by atoms with Gasteiger partial charge in [0.1, 0.15) is 5.82 Å². The Morgan fingerprint density at radius 2 is 1.84 bits per heavy atom. The maximum absolute atomic E-state index is 12.9. The van der Waals surface area contributed by atoms with Crippen LogP contribution in [0, 0.1) is 17.7 Å². The summed E-state index contributed by atoms with van der Waals surface area (Å²) in [5.41, 5.74) is 6.93. The van der Waals surface area contributed by atoms with Crippen molar-refractivity contribution in [3.05, 3.63) is 30.1 Å². The third kappa shape index (κ3) is 5.60. The highest BCUT2D eigenvalue weighted by Gasteiger charge is 2.12. The molecule has 1 rings (SSSR count). The first-order valence-corrected chi connectivity index (χ1v) is 7.27. The summed E-state index contributed by atoms with van der Waals surface area (Å²) in [6.07, 6.45) is 2.28. The van der Waals surface area contributed by atoms with E-state index in [0.29, 0.717) is 11.8 Å². The predicted octanol–water partition coefficient (Wildman–Crippen LogP) is 3.66. The summed E-state index contributed by atoms with van der Waals surface area (Å²) in [5.74, 6) is 1.09. The summed E-state index contributed by atoms with van der Waals surface area (Å²) in [6.45, 7) is 9.27. The Morgan fingerprint density at radius 1 is 1.21 bits per heavy atom. The van der Waals surface area contributed by atoms with Crippen molar-refractivity contribution in [2.75, 3.05) is 24.5 Å². The molecule has 0 amide bonds. The van der Waals surface area contributed by atoms with Gasteiger partial charge in [-0.15, -0.1) is 0 Å². The first-order valence-electron chi connectivity index (χ1n) is 7.27. The van der Waals surface area contributed by atoms with E-state index >= 15 is 0 Å². The number of hydrogen-bond acceptors (Lipinski definition) is 2. The smallest absolute Gasteiger partial charge is 0.123 e. The third-order valence-corrected chi connectivity index (χ3v) is 3.52. The van der Waals surface area contributed by atoms with E-state index in [1.165, 1.54) is 18.6 Å². The monoisotopic (exact) mass is 266 g/mol. The minimum Gasteiger partial charge on any atom is -0.372 e. The fraction of sp³-hybridized carbons (Fsp3) is 0.625. The second-order valence-electron chi connectivity index (χ2n) is 5.58. The maximum atomic E-state index is 12.9. The van der Waals surface area contributed by atoms with Gasteiger partial charge in [-0.25, -0.2) is 4.39 Å². The minimum atomic E-state index is -0.181. The van der Waals surface area contributed by atoms with Gasteiger partial charge in [-0.3, -0.25) is 0 Å². The quantitative estimate of drug-likeness (QED) is 0.778. The van der Waals surface area contributed by atoms with Crippen LogP contribution in [0.25, 0.3) is 0 Å². The molecule has 0 heterocycles. The Balaban J connectivity index is 2.54. The molecular formula is C16H27FN2. The van der Waals surface area contributed by atoms with Crippen molar-refractivity contribution < 1.29 is 4.39 Å². The standard InChI is InChI=1S/C16H27FN2/c1-4-19(16-7-5-15(17)6-8-16)10-9-14(12-18)11-13(2)3/h5-8,13-14H,4,9-12,18H2,1-3H3. The van der Waals surface area contributed by atoms with Crippen LogP contribution >= 0.6 is 0 Å². The predicted molar refractivity (Wildman–Crippen MR) is 80.9 cm³/mol. The van der Waals surface area contributed by atoms with Crippen LogP contribution in [0.5, 0.6) is 0 Å². The SMILES string of the molecule is CCN(CCC(CN)CC(C)C)c1ccc(F)cc1.